The van der Waals surface area contributed by atoms with Crippen LogP contribution in [0, 0.1) is 0 Å². The minimum absolute atomic E-state index is 0.0271. The summed E-state index contributed by atoms with van der Waals surface area (Å²) in [7, 11) is -6.12. The van der Waals surface area contributed by atoms with Crippen LogP contribution in [-0.4, -0.2) is 34.1 Å². The van der Waals surface area contributed by atoms with Gasteiger partial charge in [0.25, 0.3) is 0 Å². The Morgan fingerprint density at radius 2 is 2.22 bits per heavy atom. The van der Waals surface area contributed by atoms with E-state index < -0.39 is 28.6 Å². The maximum Gasteiger partial charge on any atom is 0.161 e. The lowest BCUT2D eigenvalue weighted by Gasteiger charge is -2.15. The molecule has 0 unspecified atom stereocenters. The van der Waals surface area contributed by atoms with E-state index in [2.05, 4.69) is 0 Å². The molecule has 1 aromatic rings. The number of hydrogen-bond acceptors (Lipinski definition) is 5. The number of benzene rings is 1. The molecule has 0 bridgehead atoms. The van der Waals surface area contributed by atoms with Gasteiger partial charge in [0.15, 0.2) is 11.5 Å². The van der Waals surface area contributed by atoms with Crippen molar-refractivity contribution in [3.8, 4) is 11.5 Å². The Morgan fingerprint density at radius 1 is 1.50 bits per heavy atom. The summed E-state index contributed by atoms with van der Waals surface area (Å²) in [6.45, 7) is 1.93. The third kappa shape index (κ3) is 4.19. The van der Waals surface area contributed by atoms with Gasteiger partial charge in [-0.15, -0.1) is 0 Å². The molecule has 0 aliphatic rings. The van der Waals surface area contributed by atoms with Crippen molar-refractivity contribution in [3.63, 3.8) is 0 Å². The van der Waals surface area contributed by atoms with E-state index >= 15 is 0 Å². The molecule has 0 heterocycles. The van der Waals surface area contributed by atoms with Gasteiger partial charge in [-0.2, -0.15) is 0 Å². The average molecular weight is 277 g/mol. The summed E-state index contributed by atoms with van der Waals surface area (Å²) in [5, 5.41) is 0. The lowest BCUT2D eigenvalue weighted by atomic mass is 10.1. The molecule has 0 saturated carbocycles. The van der Waals surface area contributed by atoms with Gasteiger partial charge in [0.05, 0.1) is 24.9 Å². The van der Waals surface area contributed by atoms with Crippen molar-refractivity contribution in [3.05, 3.63) is 23.8 Å². The second-order valence-corrected chi connectivity index (χ2v) is 5.93. The van der Waals surface area contributed by atoms with Gasteiger partial charge in [0.1, 0.15) is 9.84 Å². The molecular formula is C12H19NO4S. The van der Waals surface area contributed by atoms with Crippen molar-refractivity contribution in [2.45, 2.75) is 12.9 Å². The van der Waals surface area contributed by atoms with Crippen LogP contribution in [0.3, 0.4) is 0 Å². The monoisotopic (exact) mass is 277 g/mol. The first-order chi connectivity index (χ1) is 9.84. The Bertz CT molecular complexity index is 629. The van der Waals surface area contributed by atoms with Crippen molar-refractivity contribution in [1.29, 1.82) is 0 Å². The van der Waals surface area contributed by atoms with Gasteiger partial charge in [-0.25, -0.2) is 8.42 Å². The van der Waals surface area contributed by atoms with Gasteiger partial charge in [0.2, 0.25) is 0 Å². The summed E-state index contributed by atoms with van der Waals surface area (Å²) in [6.07, 6.45) is 0.985. The number of ether oxygens (including phenoxy) is 2. The van der Waals surface area contributed by atoms with Crippen LogP contribution in [0.1, 0.15) is 24.0 Å². The first-order valence-corrected chi connectivity index (χ1v) is 7.33. The molecule has 0 aliphatic carbocycles. The molecule has 0 saturated heterocycles. The maximum atomic E-state index is 11.4. The van der Waals surface area contributed by atoms with E-state index in [1.807, 2.05) is 0 Å². The highest BCUT2D eigenvalue weighted by molar-refractivity contribution is 7.90. The minimum Gasteiger partial charge on any atom is -0.493 e. The normalized spacial score (nSPS) is 18.8. The largest absolute Gasteiger partial charge is 0.493 e. The SMILES string of the molecule is [2H]C([2H])([2H])Oc1ccc([C@]([2H])(N)CS(C)(=O)=O)cc1OCC. The van der Waals surface area contributed by atoms with E-state index in [-0.39, 0.29) is 23.7 Å². The highest BCUT2D eigenvalue weighted by Crippen LogP contribution is 2.30. The zero-order chi connectivity index (χ0) is 17.2. The molecule has 1 aromatic carbocycles. The van der Waals surface area contributed by atoms with Gasteiger partial charge in [-0.05, 0) is 24.6 Å². The van der Waals surface area contributed by atoms with E-state index in [4.69, 9.17) is 20.7 Å². The van der Waals surface area contributed by atoms with Crippen LogP contribution in [0.15, 0.2) is 18.2 Å². The molecule has 18 heavy (non-hydrogen) atoms. The fourth-order valence-electron chi connectivity index (χ4n) is 1.43. The van der Waals surface area contributed by atoms with Crippen LogP contribution in [0.25, 0.3) is 0 Å². The summed E-state index contributed by atoms with van der Waals surface area (Å²) < 4.78 is 62.1. The van der Waals surface area contributed by atoms with Crippen LogP contribution in [0.5, 0.6) is 11.5 Å². The van der Waals surface area contributed by atoms with Crippen LogP contribution >= 0.6 is 0 Å². The Hall–Kier alpha value is -1.27. The average Bonchev–Trinajstić information content (AvgIpc) is 2.26. The molecule has 0 aromatic heterocycles. The van der Waals surface area contributed by atoms with Gasteiger partial charge < -0.3 is 15.2 Å². The molecule has 0 amide bonds. The minimum atomic E-state index is -3.47. The first-order valence-electron chi connectivity index (χ1n) is 7.27. The van der Waals surface area contributed by atoms with Crippen LogP contribution in [-0.2, 0) is 9.84 Å². The topological polar surface area (TPSA) is 78.6 Å². The molecule has 1 atom stereocenters. The first kappa shape index (κ1) is 9.63. The molecule has 0 radical (unpaired) electrons. The van der Waals surface area contributed by atoms with Crippen LogP contribution < -0.4 is 15.2 Å². The molecule has 6 heteroatoms. The molecule has 2 N–H and O–H groups in total. The molecular weight excluding hydrogens is 254 g/mol. The highest BCUT2D eigenvalue weighted by atomic mass is 32.2. The molecule has 0 spiro atoms. The predicted molar refractivity (Wildman–Crippen MR) is 70.8 cm³/mol. The number of hydrogen-bond donors (Lipinski definition) is 1. The maximum absolute atomic E-state index is 11.4. The van der Waals surface area contributed by atoms with Gasteiger partial charge in [-0.1, -0.05) is 6.07 Å². The Kier molecular flexibility index (Phi) is 3.24. The van der Waals surface area contributed by atoms with Crippen molar-refractivity contribution in [2.24, 2.45) is 5.73 Å². The smallest absolute Gasteiger partial charge is 0.161 e. The van der Waals surface area contributed by atoms with E-state index in [9.17, 15) is 8.42 Å². The quantitative estimate of drug-likeness (QED) is 0.843. The second kappa shape index (κ2) is 6.06. The molecule has 0 fully saturated rings. The predicted octanol–water partition coefficient (Wildman–Crippen LogP) is 1.14. The Balaban J connectivity index is 3.22. The number of methoxy groups -OCH3 is 1. The standard InChI is InChI=1S/C12H19NO4S/c1-4-17-12-7-9(5-6-11(12)16-2)10(13)8-18(3,14)15/h5-7,10H,4,8,13H2,1-3H3/t10-/m1/s1/i2D3,10D. The Labute approximate surface area is 113 Å². The zero-order valence-corrected chi connectivity index (χ0v) is 11.1. The Morgan fingerprint density at radius 3 is 2.78 bits per heavy atom. The van der Waals surface area contributed by atoms with E-state index in [1.54, 1.807) is 6.92 Å². The van der Waals surface area contributed by atoms with Crippen LogP contribution in [0.2, 0.25) is 0 Å². The van der Waals surface area contributed by atoms with Crippen molar-refractivity contribution < 1.29 is 23.4 Å². The number of nitrogens with two attached hydrogens (primary N) is 1. The summed E-state index contributed by atoms with van der Waals surface area (Å²) in [6, 6.07) is 2.09. The van der Waals surface area contributed by atoms with Gasteiger partial charge in [-0.3, -0.25) is 0 Å². The van der Waals surface area contributed by atoms with E-state index in [0.29, 0.717) is 0 Å². The molecule has 5 nitrogen and oxygen atoms in total. The fourth-order valence-corrected chi connectivity index (χ4v) is 2.16. The molecule has 102 valence electrons. The summed E-state index contributed by atoms with van der Waals surface area (Å²) in [4.78, 5) is 0. The van der Waals surface area contributed by atoms with Crippen LogP contribution in [0.4, 0.5) is 0 Å². The third-order valence-corrected chi connectivity index (χ3v) is 2.98. The second-order valence-electron chi connectivity index (χ2n) is 3.79. The zero-order valence-electron chi connectivity index (χ0n) is 14.3. The lowest BCUT2D eigenvalue weighted by Crippen LogP contribution is -2.20. The third-order valence-electron chi connectivity index (χ3n) is 2.14. The highest BCUT2D eigenvalue weighted by Gasteiger charge is 2.15. The van der Waals surface area contributed by atoms with Gasteiger partial charge >= 0.3 is 0 Å². The summed E-state index contributed by atoms with van der Waals surface area (Å²) in [5.74, 6) is -0.516. The van der Waals surface area contributed by atoms with Crippen molar-refractivity contribution in [2.75, 3.05) is 25.7 Å². The fraction of sp³-hybridized carbons (Fsp3) is 0.500. The summed E-state index contributed by atoms with van der Waals surface area (Å²) in [5.41, 5.74) is 5.93. The van der Waals surface area contributed by atoms with Crippen molar-refractivity contribution >= 4 is 9.84 Å². The molecule has 1 rings (SSSR count). The van der Waals surface area contributed by atoms with E-state index in [0.717, 1.165) is 6.26 Å². The number of rotatable bonds is 6. The van der Waals surface area contributed by atoms with Gasteiger partial charge in [0, 0.05) is 12.3 Å². The molecule has 0 aliphatic heterocycles. The number of sulfone groups is 1. The van der Waals surface area contributed by atoms with E-state index in [1.165, 1.54) is 18.2 Å². The summed E-state index contributed by atoms with van der Waals surface area (Å²) >= 11 is 0. The lowest BCUT2D eigenvalue weighted by molar-refractivity contribution is 0.310. The van der Waals surface area contributed by atoms with Crippen molar-refractivity contribution in [1.82, 2.24) is 0 Å².